The molecule has 6 nitrogen and oxygen atoms in total. The van der Waals surface area contributed by atoms with E-state index in [1.165, 1.54) is 24.3 Å². The minimum absolute atomic E-state index is 0.0162. The van der Waals surface area contributed by atoms with Gasteiger partial charge in [0.1, 0.15) is 21.3 Å². The zero-order chi connectivity index (χ0) is 24.3. The van der Waals surface area contributed by atoms with Crippen LogP contribution in [0, 0.1) is 13.8 Å². The summed E-state index contributed by atoms with van der Waals surface area (Å²) in [5.41, 5.74) is 3.43. The van der Waals surface area contributed by atoms with Crippen LogP contribution in [0.15, 0.2) is 107 Å². The quantitative estimate of drug-likeness (QED) is 0.315. The summed E-state index contributed by atoms with van der Waals surface area (Å²) >= 11 is 0. The Labute approximate surface area is 199 Å². The van der Waals surface area contributed by atoms with Crippen LogP contribution in [0.2, 0.25) is 0 Å². The second kappa shape index (κ2) is 9.32. The van der Waals surface area contributed by atoms with E-state index in [4.69, 9.17) is 8.37 Å². The lowest BCUT2D eigenvalue weighted by atomic mass is 10.1. The molecule has 0 radical (unpaired) electrons. The van der Waals surface area contributed by atoms with Gasteiger partial charge in [0, 0.05) is 0 Å². The lowest BCUT2D eigenvalue weighted by Gasteiger charge is -2.09. The fourth-order valence-corrected chi connectivity index (χ4v) is 5.03. The Morgan fingerprint density at radius 2 is 0.735 bits per heavy atom. The topological polar surface area (TPSA) is 86.7 Å². The highest BCUT2D eigenvalue weighted by Crippen LogP contribution is 2.26. The minimum Gasteiger partial charge on any atom is -0.379 e. The first-order chi connectivity index (χ1) is 16.1. The highest BCUT2D eigenvalue weighted by Gasteiger charge is 2.18. The summed E-state index contributed by atoms with van der Waals surface area (Å²) in [6, 6.07) is 25.8. The molecule has 8 heteroatoms. The van der Waals surface area contributed by atoms with Gasteiger partial charge in [0.2, 0.25) is 0 Å². The molecule has 0 aliphatic carbocycles. The van der Waals surface area contributed by atoms with E-state index in [-0.39, 0.29) is 21.3 Å². The third kappa shape index (κ3) is 5.47. The number of hydrogen-bond donors (Lipinski definition) is 0. The summed E-state index contributed by atoms with van der Waals surface area (Å²) in [4.78, 5) is 0.0324. The number of hydrogen-bond acceptors (Lipinski definition) is 6. The molecule has 0 N–H and O–H groups in total. The first kappa shape index (κ1) is 23.5. The second-order valence-electron chi connectivity index (χ2n) is 7.75. The van der Waals surface area contributed by atoms with Crippen LogP contribution in [0.4, 0.5) is 0 Å². The number of rotatable bonds is 7. The smallest absolute Gasteiger partial charge is 0.339 e. The van der Waals surface area contributed by atoms with E-state index in [0.29, 0.717) is 0 Å². The normalized spacial score (nSPS) is 11.7. The predicted octanol–water partition coefficient (Wildman–Crippen LogP) is 5.51. The van der Waals surface area contributed by atoms with Crippen molar-refractivity contribution in [2.24, 2.45) is 0 Å². The third-order valence-electron chi connectivity index (χ3n) is 5.07. The summed E-state index contributed by atoms with van der Waals surface area (Å²) in [5.74, 6) is 0.471. The third-order valence-corrected chi connectivity index (χ3v) is 7.60. The molecule has 0 aliphatic rings. The SMILES string of the molecule is Cc1ccc(OS(=O)(=O)c2ccc(-c3ccc(S(=O)(=O)Oc4ccc(C)cc4)cc3)cc2)cc1. The van der Waals surface area contributed by atoms with E-state index in [0.717, 1.165) is 22.3 Å². The van der Waals surface area contributed by atoms with Crippen molar-refractivity contribution in [1.82, 2.24) is 0 Å². The Bertz CT molecular complexity index is 1370. The van der Waals surface area contributed by atoms with Gasteiger partial charge < -0.3 is 8.37 Å². The van der Waals surface area contributed by atoms with E-state index in [1.807, 2.05) is 13.8 Å². The van der Waals surface area contributed by atoms with Crippen LogP contribution in [0.1, 0.15) is 11.1 Å². The van der Waals surface area contributed by atoms with E-state index < -0.39 is 20.2 Å². The Hall–Kier alpha value is -3.62. The average Bonchev–Trinajstić information content (AvgIpc) is 2.82. The van der Waals surface area contributed by atoms with Crippen molar-refractivity contribution in [2.45, 2.75) is 23.6 Å². The van der Waals surface area contributed by atoms with E-state index >= 15 is 0 Å². The highest BCUT2D eigenvalue weighted by atomic mass is 32.2. The van der Waals surface area contributed by atoms with Crippen LogP contribution in [-0.4, -0.2) is 16.8 Å². The van der Waals surface area contributed by atoms with Crippen molar-refractivity contribution in [3.05, 3.63) is 108 Å². The molecule has 34 heavy (non-hydrogen) atoms. The Morgan fingerprint density at radius 1 is 0.441 bits per heavy atom. The molecule has 0 amide bonds. The van der Waals surface area contributed by atoms with Crippen molar-refractivity contribution in [1.29, 1.82) is 0 Å². The molecule has 0 heterocycles. The van der Waals surface area contributed by atoms with E-state index in [2.05, 4.69) is 0 Å². The molecule has 0 spiro atoms. The van der Waals surface area contributed by atoms with Crippen LogP contribution in [0.25, 0.3) is 11.1 Å². The zero-order valence-corrected chi connectivity index (χ0v) is 20.1. The Balaban J connectivity index is 1.49. The van der Waals surface area contributed by atoms with Crippen molar-refractivity contribution in [2.75, 3.05) is 0 Å². The van der Waals surface area contributed by atoms with Crippen LogP contribution in [0.3, 0.4) is 0 Å². The van der Waals surface area contributed by atoms with Gasteiger partial charge in [-0.2, -0.15) is 16.8 Å². The monoisotopic (exact) mass is 494 g/mol. The molecule has 4 rings (SSSR count). The summed E-state index contributed by atoms with van der Waals surface area (Å²) in [7, 11) is -7.96. The van der Waals surface area contributed by atoms with Gasteiger partial charge in [-0.25, -0.2) is 0 Å². The van der Waals surface area contributed by atoms with Gasteiger partial charge in [-0.3, -0.25) is 0 Å². The van der Waals surface area contributed by atoms with Gasteiger partial charge in [-0.15, -0.1) is 0 Å². The van der Waals surface area contributed by atoms with Crippen LogP contribution in [0.5, 0.6) is 11.5 Å². The van der Waals surface area contributed by atoms with E-state index in [9.17, 15) is 16.8 Å². The first-order valence-electron chi connectivity index (χ1n) is 10.4. The second-order valence-corrected chi connectivity index (χ2v) is 10.8. The molecule has 0 saturated carbocycles. The van der Waals surface area contributed by atoms with Gasteiger partial charge in [-0.05, 0) is 73.5 Å². The molecule has 4 aromatic rings. The zero-order valence-electron chi connectivity index (χ0n) is 18.5. The maximum Gasteiger partial charge on any atom is 0.339 e. The standard InChI is InChI=1S/C26H22O6S2/c1-19-3-11-23(12-4-19)31-33(27,28)25-15-7-21(8-16-25)22-9-17-26(18-10-22)34(29,30)32-24-13-5-20(2)6-14-24/h3-18H,1-2H3. The highest BCUT2D eigenvalue weighted by molar-refractivity contribution is 7.87. The van der Waals surface area contributed by atoms with Crippen molar-refractivity contribution in [3.8, 4) is 22.6 Å². The van der Waals surface area contributed by atoms with Crippen molar-refractivity contribution in [3.63, 3.8) is 0 Å². The van der Waals surface area contributed by atoms with Crippen molar-refractivity contribution < 1.29 is 25.2 Å². The minimum atomic E-state index is -3.98. The molecule has 0 saturated heterocycles. The van der Waals surface area contributed by atoms with Crippen LogP contribution in [-0.2, 0) is 20.2 Å². The average molecular weight is 495 g/mol. The number of benzene rings is 4. The molecule has 0 aromatic heterocycles. The fourth-order valence-electron chi connectivity index (χ4n) is 3.17. The van der Waals surface area contributed by atoms with E-state index in [1.54, 1.807) is 72.8 Å². The first-order valence-corrected chi connectivity index (χ1v) is 13.2. The predicted molar refractivity (Wildman–Crippen MR) is 130 cm³/mol. The molecule has 174 valence electrons. The van der Waals surface area contributed by atoms with Gasteiger partial charge in [0.25, 0.3) is 0 Å². The Kier molecular flexibility index (Phi) is 6.45. The molecule has 0 atom stereocenters. The van der Waals surface area contributed by atoms with Crippen molar-refractivity contribution >= 4 is 20.2 Å². The molecular formula is C26H22O6S2. The molecule has 0 aliphatic heterocycles. The lowest BCUT2D eigenvalue weighted by Crippen LogP contribution is -2.10. The van der Waals surface area contributed by atoms with Gasteiger partial charge in [0.15, 0.2) is 0 Å². The molecular weight excluding hydrogens is 472 g/mol. The molecule has 0 bridgehead atoms. The van der Waals surface area contributed by atoms with Gasteiger partial charge >= 0.3 is 20.2 Å². The lowest BCUT2D eigenvalue weighted by molar-refractivity contribution is 0.484. The van der Waals surface area contributed by atoms with Crippen LogP contribution >= 0.6 is 0 Å². The Morgan fingerprint density at radius 3 is 1.03 bits per heavy atom. The van der Waals surface area contributed by atoms with Crippen LogP contribution < -0.4 is 8.37 Å². The summed E-state index contributed by atoms with van der Waals surface area (Å²) < 4.78 is 60.6. The molecule has 0 fully saturated rings. The summed E-state index contributed by atoms with van der Waals surface area (Å²) in [5, 5.41) is 0. The largest absolute Gasteiger partial charge is 0.379 e. The van der Waals surface area contributed by atoms with Gasteiger partial charge in [0.05, 0.1) is 0 Å². The maximum atomic E-state index is 12.6. The summed E-state index contributed by atoms with van der Waals surface area (Å²) in [6.07, 6.45) is 0. The van der Waals surface area contributed by atoms with Gasteiger partial charge in [-0.1, -0.05) is 59.7 Å². The number of aryl methyl sites for hydroxylation is 2. The molecule has 4 aromatic carbocycles. The summed E-state index contributed by atoms with van der Waals surface area (Å²) in [6.45, 7) is 3.80. The fraction of sp³-hybridized carbons (Fsp3) is 0.0769. The molecule has 0 unspecified atom stereocenters. The maximum absolute atomic E-state index is 12.6.